The van der Waals surface area contributed by atoms with Gasteiger partial charge in [0.05, 0.1) is 12.8 Å². The number of amides is 2. The van der Waals surface area contributed by atoms with E-state index in [0.29, 0.717) is 18.0 Å². The molecular weight excluding hydrogens is 364 g/mol. The minimum absolute atomic E-state index is 0.193. The molecule has 1 fully saturated rings. The predicted octanol–water partition coefficient (Wildman–Crippen LogP) is 3.73. The average Bonchev–Trinajstić information content (AvgIpc) is 2.74. The first-order valence-electron chi connectivity index (χ1n) is 10.4. The number of carbonyl (C=O) groups excluding carboxylic acids is 1. The van der Waals surface area contributed by atoms with Gasteiger partial charge in [-0.15, -0.1) is 0 Å². The molecule has 1 aliphatic heterocycles. The van der Waals surface area contributed by atoms with Crippen LogP contribution in [0.4, 0.5) is 16.2 Å². The van der Waals surface area contributed by atoms with E-state index in [9.17, 15) is 4.79 Å². The van der Waals surface area contributed by atoms with Crippen molar-refractivity contribution in [3.8, 4) is 5.75 Å². The SMILES string of the molecule is COc1ccccc1NC(=O)NCCCCN1CCN(c2cccc(C)c2)CC1. The molecule has 0 bridgehead atoms. The summed E-state index contributed by atoms with van der Waals surface area (Å²) in [4.78, 5) is 17.0. The third-order valence-corrected chi connectivity index (χ3v) is 5.28. The van der Waals surface area contributed by atoms with Crippen molar-refractivity contribution in [1.82, 2.24) is 10.2 Å². The van der Waals surface area contributed by atoms with Crippen molar-refractivity contribution in [3.05, 3.63) is 54.1 Å². The molecule has 0 spiro atoms. The molecule has 29 heavy (non-hydrogen) atoms. The molecule has 2 aromatic rings. The maximum Gasteiger partial charge on any atom is 0.319 e. The molecule has 2 N–H and O–H groups in total. The fraction of sp³-hybridized carbons (Fsp3) is 0.435. The number of piperazine rings is 1. The van der Waals surface area contributed by atoms with E-state index in [1.54, 1.807) is 7.11 Å². The van der Waals surface area contributed by atoms with Crippen molar-refractivity contribution in [1.29, 1.82) is 0 Å². The molecule has 1 aliphatic rings. The standard InChI is InChI=1S/C23H32N4O2/c1-19-8-7-9-20(18-19)27-16-14-26(15-17-27)13-6-5-12-24-23(28)25-21-10-3-4-11-22(21)29-2/h3-4,7-11,18H,5-6,12-17H2,1-2H3,(H2,24,25,28). The molecule has 6 heteroatoms. The highest BCUT2D eigenvalue weighted by atomic mass is 16.5. The van der Waals surface area contributed by atoms with Crippen LogP contribution in [0.1, 0.15) is 18.4 Å². The molecule has 0 saturated carbocycles. The number of nitrogens with one attached hydrogen (secondary N) is 2. The monoisotopic (exact) mass is 396 g/mol. The van der Waals surface area contributed by atoms with Gasteiger partial charge in [0.25, 0.3) is 0 Å². The fourth-order valence-corrected chi connectivity index (χ4v) is 3.63. The second-order valence-corrected chi connectivity index (χ2v) is 7.46. The van der Waals surface area contributed by atoms with Crippen molar-refractivity contribution < 1.29 is 9.53 Å². The molecule has 1 saturated heterocycles. The van der Waals surface area contributed by atoms with Gasteiger partial charge in [-0.05, 0) is 56.1 Å². The van der Waals surface area contributed by atoms with Crippen molar-refractivity contribution in [2.75, 3.05) is 56.6 Å². The summed E-state index contributed by atoms with van der Waals surface area (Å²) in [6.45, 7) is 8.23. The van der Waals surface area contributed by atoms with Crippen molar-refractivity contribution >= 4 is 17.4 Å². The Balaban J connectivity index is 1.29. The highest BCUT2D eigenvalue weighted by Gasteiger charge is 2.16. The number of rotatable bonds is 8. The van der Waals surface area contributed by atoms with E-state index in [1.807, 2.05) is 24.3 Å². The second-order valence-electron chi connectivity index (χ2n) is 7.46. The average molecular weight is 397 g/mol. The van der Waals surface area contributed by atoms with Crippen molar-refractivity contribution in [2.24, 2.45) is 0 Å². The molecule has 0 atom stereocenters. The van der Waals surface area contributed by atoms with E-state index in [4.69, 9.17) is 4.74 Å². The highest BCUT2D eigenvalue weighted by molar-refractivity contribution is 5.90. The van der Waals surface area contributed by atoms with Gasteiger partial charge in [-0.3, -0.25) is 4.90 Å². The Kier molecular flexibility index (Phi) is 7.76. The Labute approximate surface area is 173 Å². The van der Waals surface area contributed by atoms with Gasteiger partial charge in [0.15, 0.2) is 0 Å². The number of hydrogen-bond donors (Lipinski definition) is 2. The Hall–Kier alpha value is -2.73. The number of anilines is 2. The number of aryl methyl sites for hydroxylation is 1. The Morgan fingerprint density at radius 2 is 1.83 bits per heavy atom. The molecule has 1 heterocycles. The smallest absolute Gasteiger partial charge is 0.319 e. The first-order valence-corrected chi connectivity index (χ1v) is 10.4. The van der Waals surface area contributed by atoms with Gasteiger partial charge in [-0.2, -0.15) is 0 Å². The molecule has 0 unspecified atom stereocenters. The number of carbonyl (C=O) groups is 1. The van der Waals surface area contributed by atoms with Gasteiger partial charge >= 0.3 is 6.03 Å². The molecule has 0 aliphatic carbocycles. The van der Waals surface area contributed by atoms with Crippen LogP contribution >= 0.6 is 0 Å². The zero-order chi connectivity index (χ0) is 20.5. The lowest BCUT2D eigenvalue weighted by molar-refractivity contribution is 0.247. The lowest BCUT2D eigenvalue weighted by Gasteiger charge is -2.36. The van der Waals surface area contributed by atoms with Crippen LogP contribution in [0, 0.1) is 6.92 Å². The van der Waals surface area contributed by atoms with Crippen LogP contribution in [-0.2, 0) is 0 Å². The molecule has 156 valence electrons. The van der Waals surface area contributed by atoms with Crippen LogP contribution in [-0.4, -0.2) is 57.3 Å². The van der Waals surface area contributed by atoms with Crippen LogP contribution in [0.25, 0.3) is 0 Å². The van der Waals surface area contributed by atoms with Crippen LogP contribution in [0.15, 0.2) is 48.5 Å². The second kappa shape index (κ2) is 10.7. The summed E-state index contributed by atoms with van der Waals surface area (Å²) in [6, 6.07) is 15.9. The first-order chi connectivity index (χ1) is 14.2. The summed E-state index contributed by atoms with van der Waals surface area (Å²) < 4.78 is 5.25. The quantitative estimate of drug-likeness (QED) is 0.668. The maximum absolute atomic E-state index is 12.0. The summed E-state index contributed by atoms with van der Waals surface area (Å²) >= 11 is 0. The number of nitrogens with zero attached hydrogens (tertiary/aromatic N) is 2. The molecule has 2 aromatic carbocycles. The largest absolute Gasteiger partial charge is 0.495 e. The summed E-state index contributed by atoms with van der Waals surface area (Å²) in [7, 11) is 1.60. The summed E-state index contributed by atoms with van der Waals surface area (Å²) in [5, 5.41) is 5.76. The Morgan fingerprint density at radius 1 is 1.03 bits per heavy atom. The fourth-order valence-electron chi connectivity index (χ4n) is 3.63. The molecule has 0 aromatic heterocycles. The number of ether oxygens (including phenoxy) is 1. The lowest BCUT2D eigenvalue weighted by atomic mass is 10.2. The van der Waals surface area contributed by atoms with Crippen LogP contribution < -0.4 is 20.3 Å². The van der Waals surface area contributed by atoms with Gasteiger partial charge in [0.2, 0.25) is 0 Å². The zero-order valence-electron chi connectivity index (χ0n) is 17.5. The van der Waals surface area contributed by atoms with Gasteiger partial charge < -0.3 is 20.3 Å². The zero-order valence-corrected chi connectivity index (χ0v) is 17.5. The van der Waals surface area contributed by atoms with Gasteiger partial charge in [-0.1, -0.05) is 24.3 Å². The third-order valence-electron chi connectivity index (χ3n) is 5.28. The van der Waals surface area contributed by atoms with E-state index in [1.165, 1.54) is 11.3 Å². The van der Waals surface area contributed by atoms with Crippen LogP contribution in [0.5, 0.6) is 5.75 Å². The molecule has 3 rings (SSSR count). The minimum atomic E-state index is -0.193. The third kappa shape index (κ3) is 6.39. The lowest BCUT2D eigenvalue weighted by Crippen LogP contribution is -2.46. The summed E-state index contributed by atoms with van der Waals surface area (Å²) in [5.41, 5.74) is 3.32. The van der Waals surface area contributed by atoms with Crippen LogP contribution in [0.2, 0.25) is 0 Å². The number of urea groups is 1. The van der Waals surface area contributed by atoms with E-state index < -0.39 is 0 Å². The normalized spacial score (nSPS) is 14.5. The molecular formula is C23H32N4O2. The number of unbranched alkanes of at least 4 members (excludes halogenated alkanes) is 1. The Bertz CT molecular complexity index is 788. The van der Waals surface area contributed by atoms with E-state index in [-0.39, 0.29) is 6.03 Å². The predicted molar refractivity (Wildman–Crippen MR) is 119 cm³/mol. The Morgan fingerprint density at radius 3 is 2.59 bits per heavy atom. The van der Waals surface area contributed by atoms with E-state index in [2.05, 4.69) is 51.6 Å². The first kappa shape index (κ1) is 21.0. The van der Waals surface area contributed by atoms with Crippen LogP contribution in [0.3, 0.4) is 0 Å². The number of para-hydroxylation sites is 2. The molecule has 2 amide bonds. The highest BCUT2D eigenvalue weighted by Crippen LogP contribution is 2.22. The van der Waals surface area contributed by atoms with Crippen molar-refractivity contribution in [3.63, 3.8) is 0 Å². The minimum Gasteiger partial charge on any atom is -0.495 e. The van der Waals surface area contributed by atoms with Gasteiger partial charge in [0, 0.05) is 38.4 Å². The number of benzene rings is 2. The van der Waals surface area contributed by atoms with E-state index in [0.717, 1.165) is 45.6 Å². The molecule has 6 nitrogen and oxygen atoms in total. The maximum atomic E-state index is 12.0. The topological polar surface area (TPSA) is 56.8 Å². The molecule has 0 radical (unpaired) electrons. The number of methoxy groups -OCH3 is 1. The van der Waals surface area contributed by atoms with E-state index >= 15 is 0 Å². The van der Waals surface area contributed by atoms with Gasteiger partial charge in [0.1, 0.15) is 5.75 Å². The summed E-state index contributed by atoms with van der Waals surface area (Å²) in [6.07, 6.45) is 2.05. The number of hydrogen-bond acceptors (Lipinski definition) is 4. The van der Waals surface area contributed by atoms with Gasteiger partial charge in [-0.25, -0.2) is 4.79 Å². The summed E-state index contributed by atoms with van der Waals surface area (Å²) in [5.74, 6) is 0.660. The van der Waals surface area contributed by atoms with Crippen molar-refractivity contribution in [2.45, 2.75) is 19.8 Å².